The Hall–Kier alpha value is -1.87. The molecule has 3 N–H and O–H groups in total. The third kappa shape index (κ3) is 2.87. The van der Waals surface area contributed by atoms with Gasteiger partial charge in [-0.1, -0.05) is 11.6 Å². The lowest BCUT2D eigenvalue weighted by atomic mass is 10.2. The molecule has 0 bridgehead atoms. The summed E-state index contributed by atoms with van der Waals surface area (Å²) < 4.78 is 5.18. The fourth-order valence-corrected chi connectivity index (χ4v) is 1.96. The van der Waals surface area contributed by atoms with Crippen molar-refractivity contribution in [2.75, 3.05) is 18.2 Å². The van der Waals surface area contributed by atoms with E-state index in [0.717, 1.165) is 27.7 Å². The minimum atomic E-state index is 0.656. The van der Waals surface area contributed by atoms with Crippen molar-refractivity contribution in [2.24, 2.45) is 0 Å². The standard InChI is InChI=1S/C14H15ClN2O/c1-9-5-10(15)3-4-14(9)17-12-6-11(16)7-13(8-12)18-2/h3-8,17H,16H2,1-2H3. The first kappa shape index (κ1) is 12.6. The summed E-state index contributed by atoms with van der Waals surface area (Å²) >= 11 is 5.93. The topological polar surface area (TPSA) is 47.3 Å². The number of ether oxygens (including phenoxy) is 1. The van der Waals surface area contributed by atoms with E-state index >= 15 is 0 Å². The number of nitrogens with one attached hydrogen (secondary N) is 1. The van der Waals surface area contributed by atoms with Gasteiger partial charge in [-0.25, -0.2) is 0 Å². The van der Waals surface area contributed by atoms with Gasteiger partial charge in [-0.3, -0.25) is 0 Å². The van der Waals surface area contributed by atoms with E-state index in [-0.39, 0.29) is 0 Å². The molecule has 0 fully saturated rings. The Kier molecular flexibility index (Phi) is 3.63. The summed E-state index contributed by atoms with van der Waals surface area (Å²) in [5, 5.41) is 4.02. The van der Waals surface area contributed by atoms with Gasteiger partial charge in [0, 0.05) is 34.2 Å². The fraction of sp³-hybridized carbons (Fsp3) is 0.143. The first-order valence-corrected chi connectivity index (χ1v) is 5.94. The summed E-state index contributed by atoms with van der Waals surface area (Å²) in [6, 6.07) is 11.2. The minimum absolute atomic E-state index is 0.656. The molecule has 0 saturated carbocycles. The van der Waals surface area contributed by atoms with Crippen LogP contribution >= 0.6 is 11.6 Å². The van der Waals surface area contributed by atoms with E-state index in [2.05, 4.69) is 5.32 Å². The largest absolute Gasteiger partial charge is 0.497 e. The lowest BCUT2D eigenvalue weighted by Crippen LogP contribution is -1.96. The summed E-state index contributed by atoms with van der Waals surface area (Å²) in [5.41, 5.74) is 9.42. The predicted octanol–water partition coefficient (Wildman–Crippen LogP) is 3.98. The van der Waals surface area contributed by atoms with Gasteiger partial charge in [0.2, 0.25) is 0 Å². The maximum absolute atomic E-state index is 5.93. The molecule has 2 aromatic carbocycles. The Morgan fingerprint density at radius 2 is 1.94 bits per heavy atom. The SMILES string of the molecule is COc1cc(N)cc(Nc2ccc(Cl)cc2C)c1. The number of halogens is 1. The van der Waals surface area contributed by atoms with Crippen LogP contribution in [0.1, 0.15) is 5.56 Å². The van der Waals surface area contributed by atoms with Crippen LogP contribution in [0.3, 0.4) is 0 Å². The molecular weight excluding hydrogens is 248 g/mol. The maximum atomic E-state index is 5.93. The van der Waals surface area contributed by atoms with Crippen LogP contribution in [-0.2, 0) is 0 Å². The lowest BCUT2D eigenvalue weighted by Gasteiger charge is -2.12. The molecule has 3 nitrogen and oxygen atoms in total. The normalized spacial score (nSPS) is 10.2. The number of hydrogen-bond acceptors (Lipinski definition) is 3. The van der Waals surface area contributed by atoms with E-state index in [1.54, 1.807) is 13.2 Å². The fourth-order valence-electron chi connectivity index (χ4n) is 1.73. The molecule has 0 aliphatic rings. The third-order valence-electron chi connectivity index (χ3n) is 2.63. The Bertz CT molecular complexity index is 570. The molecule has 0 saturated heterocycles. The van der Waals surface area contributed by atoms with E-state index in [1.807, 2.05) is 37.3 Å². The van der Waals surface area contributed by atoms with Crippen molar-refractivity contribution in [3.8, 4) is 5.75 Å². The molecule has 0 radical (unpaired) electrons. The minimum Gasteiger partial charge on any atom is -0.497 e. The number of benzene rings is 2. The summed E-state index contributed by atoms with van der Waals surface area (Å²) in [5.74, 6) is 0.726. The average molecular weight is 263 g/mol. The molecule has 2 aromatic rings. The molecule has 0 unspecified atom stereocenters. The zero-order valence-corrected chi connectivity index (χ0v) is 11.1. The van der Waals surface area contributed by atoms with E-state index in [4.69, 9.17) is 22.1 Å². The van der Waals surface area contributed by atoms with E-state index < -0.39 is 0 Å². The Morgan fingerprint density at radius 3 is 2.61 bits per heavy atom. The van der Waals surface area contributed by atoms with Crippen LogP contribution in [0.4, 0.5) is 17.1 Å². The van der Waals surface area contributed by atoms with Crippen molar-refractivity contribution in [1.29, 1.82) is 0 Å². The smallest absolute Gasteiger partial charge is 0.122 e. The molecule has 2 rings (SSSR count). The number of rotatable bonds is 3. The van der Waals surface area contributed by atoms with Crippen LogP contribution in [-0.4, -0.2) is 7.11 Å². The average Bonchev–Trinajstić information content (AvgIpc) is 2.32. The zero-order valence-electron chi connectivity index (χ0n) is 10.3. The molecule has 4 heteroatoms. The molecule has 94 valence electrons. The van der Waals surface area contributed by atoms with Crippen LogP contribution < -0.4 is 15.8 Å². The summed E-state index contributed by atoms with van der Waals surface area (Å²) in [6.45, 7) is 2.00. The molecule has 18 heavy (non-hydrogen) atoms. The van der Waals surface area contributed by atoms with E-state index in [1.165, 1.54) is 0 Å². The molecular formula is C14H15ClN2O. The molecule has 0 aliphatic heterocycles. The van der Waals surface area contributed by atoms with Gasteiger partial charge in [0.1, 0.15) is 5.75 Å². The van der Waals surface area contributed by atoms with Crippen molar-refractivity contribution in [3.05, 3.63) is 47.0 Å². The number of anilines is 3. The van der Waals surface area contributed by atoms with Gasteiger partial charge in [0.15, 0.2) is 0 Å². The van der Waals surface area contributed by atoms with Crippen LogP contribution in [0.5, 0.6) is 5.75 Å². The van der Waals surface area contributed by atoms with E-state index in [0.29, 0.717) is 5.69 Å². The second kappa shape index (κ2) is 5.19. The van der Waals surface area contributed by atoms with E-state index in [9.17, 15) is 0 Å². The highest BCUT2D eigenvalue weighted by Gasteiger charge is 2.02. The highest BCUT2D eigenvalue weighted by molar-refractivity contribution is 6.30. The van der Waals surface area contributed by atoms with Crippen molar-refractivity contribution < 1.29 is 4.74 Å². The van der Waals surface area contributed by atoms with Gasteiger partial charge in [0.05, 0.1) is 7.11 Å². The van der Waals surface area contributed by atoms with Gasteiger partial charge in [-0.15, -0.1) is 0 Å². The number of methoxy groups -OCH3 is 1. The first-order valence-electron chi connectivity index (χ1n) is 5.56. The molecule has 0 heterocycles. The predicted molar refractivity (Wildman–Crippen MR) is 76.9 cm³/mol. The monoisotopic (exact) mass is 262 g/mol. The summed E-state index contributed by atoms with van der Waals surface area (Å²) in [6.07, 6.45) is 0. The van der Waals surface area contributed by atoms with Gasteiger partial charge in [-0.05, 0) is 36.8 Å². The molecule has 0 amide bonds. The van der Waals surface area contributed by atoms with Crippen molar-refractivity contribution in [2.45, 2.75) is 6.92 Å². The van der Waals surface area contributed by atoms with Crippen molar-refractivity contribution >= 4 is 28.7 Å². The molecule has 0 atom stereocenters. The van der Waals surface area contributed by atoms with Gasteiger partial charge in [-0.2, -0.15) is 0 Å². The highest BCUT2D eigenvalue weighted by atomic mass is 35.5. The van der Waals surface area contributed by atoms with Crippen LogP contribution in [0.25, 0.3) is 0 Å². The van der Waals surface area contributed by atoms with Crippen molar-refractivity contribution in [3.63, 3.8) is 0 Å². The van der Waals surface area contributed by atoms with Crippen molar-refractivity contribution in [1.82, 2.24) is 0 Å². The second-order valence-corrected chi connectivity index (χ2v) is 4.52. The zero-order chi connectivity index (χ0) is 13.1. The number of aryl methyl sites for hydroxylation is 1. The quantitative estimate of drug-likeness (QED) is 0.823. The lowest BCUT2D eigenvalue weighted by molar-refractivity contribution is 0.415. The number of nitrogens with two attached hydrogens (primary N) is 1. The maximum Gasteiger partial charge on any atom is 0.122 e. The Morgan fingerprint density at radius 1 is 1.17 bits per heavy atom. The van der Waals surface area contributed by atoms with Crippen LogP contribution in [0, 0.1) is 6.92 Å². The van der Waals surface area contributed by atoms with Gasteiger partial charge >= 0.3 is 0 Å². The van der Waals surface area contributed by atoms with Crippen LogP contribution in [0.2, 0.25) is 5.02 Å². The number of hydrogen-bond donors (Lipinski definition) is 2. The number of nitrogen functional groups attached to an aromatic ring is 1. The van der Waals surface area contributed by atoms with Gasteiger partial charge < -0.3 is 15.8 Å². The summed E-state index contributed by atoms with van der Waals surface area (Å²) in [7, 11) is 1.62. The summed E-state index contributed by atoms with van der Waals surface area (Å²) in [4.78, 5) is 0. The van der Waals surface area contributed by atoms with Crippen LogP contribution in [0.15, 0.2) is 36.4 Å². The third-order valence-corrected chi connectivity index (χ3v) is 2.87. The Labute approximate surface area is 112 Å². The molecule has 0 aromatic heterocycles. The molecule has 0 aliphatic carbocycles. The highest BCUT2D eigenvalue weighted by Crippen LogP contribution is 2.27. The second-order valence-electron chi connectivity index (χ2n) is 4.08. The molecule has 0 spiro atoms. The first-order chi connectivity index (χ1) is 8.58. The van der Waals surface area contributed by atoms with Gasteiger partial charge in [0.25, 0.3) is 0 Å². The Balaban J connectivity index is 2.30.